The van der Waals surface area contributed by atoms with E-state index < -0.39 is 0 Å². The number of hydrogen-bond acceptors (Lipinski definition) is 2. The third-order valence-electron chi connectivity index (χ3n) is 2.70. The number of halogens is 2. The Morgan fingerprint density at radius 1 is 0.944 bits per heavy atom. The summed E-state index contributed by atoms with van der Waals surface area (Å²) in [6.45, 7) is 0. The van der Waals surface area contributed by atoms with Crippen molar-refractivity contribution >= 4 is 12.4 Å². The lowest BCUT2D eigenvalue weighted by atomic mass is 10.00. The number of benzene rings is 2. The summed E-state index contributed by atoms with van der Waals surface area (Å²) in [6, 6.07) is 13.5. The minimum Gasteiger partial charge on any atom is -0.497 e. The van der Waals surface area contributed by atoms with Gasteiger partial charge in [-0.25, -0.2) is 4.39 Å². The lowest BCUT2D eigenvalue weighted by molar-refractivity contribution is 0.414. The summed E-state index contributed by atoms with van der Waals surface area (Å²) < 4.78 is 17.9. The van der Waals surface area contributed by atoms with Crippen LogP contribution in [0.4, 0.5) is 4.39 Å². The molecule has 0 radical (unpaired) electrons. The quantitative estimate of drug-likeness (QED) is 0.926. The zero-order valence-corrected chi connectivity index (χ0v) is 10.8. The molecule has 0 heterocycles. The van der Waals surface area contributed by atoms with Crippen molar-refractivity contribution in [3.05, 3.63) is 65.5 Å². The van der Waals surface area contributed by atoms with Gasteiger partial charge in [-0.1, -0.05) is 24.3 Å². The Bertz CT molecular complexity index is 484. The first kappa shape index (κ1) is 14.5. The second-order valence-corrected chi connectivity index (χ2v) is 3.80. The zero-order chi connectivity index (χ0) is 12.3. The van der Waals surface area contributed by atoms with Crippen molar-refractivity contribution in [1.29, 1.82) is 0 Å². The van der Waals surface area contributed by atoms with Crippen LogP contribution in [0.3, 0.4) is 0 Å². The van der Waals surface area contributed by atoms with Gasteiger partial charge in [0.2, 0.25) is 0 Å². The smallest absolute Gasteiger partial charge is 0.123 e. The van der Waals surface area contributed by atoms with Crippen LogP contribution in [0.1, 0.15) is 17.2 Å². The molecule has 0 aromatic heterocycles. The van der Waals surface area contributed by atoms with Crippen molar-refractivity contribution in [1.82, 2.24) is 0 Å². The Balaban J connectivity index is 0.00000162. The standard InChI is InChI=1S/C14H14FNO.ClH/c1-17-13-8-4-11(5-9-13)14(16)10-2-6-12(15)7-3-10;/h2-9,14H,16H2,1H3;1H. The average molecular weight is 268 g/mol. The third-order valence-corrected chi connectivity index (χ3v) is 2.70. The Labute approximate surface area is 112 Å². The lowest BCUT2D eigenvalue weighted by Gasteiger charge is -2.13. The third kappa shape index (κ3) is 3.22. The normalized spacial score (nSPS) is 11.5. The molecule has 0 bridgehead atoms. The van der Waals surface area contributed by atoms with E-state index in [1.165, 1.54) is 12.1 Å². The molecule has 1 atom stereocenters. The molecule has 2 N–H and O–H groups in total. The van der Waals surface area contributed by atoms with Crippen LogP contribution in [0, 0.1) is 5.82 Å². The molecule has 18 heavy (non-hydrogen) atoms. The second-order valence-electron chi connectivity index (χ2n) is 3.80. The molecule has 0 aliphatic rings. The summed E-state index contributed by atoms with van der Waals surface area (Å²) in [4.78, 5) is 0. The summed E-state index contributed by atoms with van der Waals surface area (Å²) in [7, 11) is 1.62. The van der Waals surface area contributed by atoms with Crippen molar-refractivity contribution in [3.8, 4) is 5.75 Å². The van der Waals surface area contributed by atoms with Crippen molar-refractivity contribution in [2.75, 3.05) is 7.11 Å². The molecule has 2 aromatic rings. The Morgan fingerprint density at radius 2 is 1.39 bits per heavy atom. The molecule has 2 nitrogen and oxygen atoms in total. The van der Waals surface area contributed by atoms with E-state index in [-0.39, 0.29) is 24.3 Å². The number of hydrogen-bond donors (Lipinski definition) is 1. The molecule has 0 amide bonds. The highest BCUT2D eigenvalue weighted by molar-refractivity contribution is 5.85. The predicted molar refractivity (Wildman–Crippen MR) is 72.7 cm³/mol. The molecular formula is C14H15ClFNO. The molecule has 0 aliphatic heterocycles. The van der Waals surface area contributed by atoms with Crippen molar-refractivity contribution in [2.45, 2.75) is 6.04 Å². The van der Waals surface area contributed by atoms with Gasteiger partial charge in [0, 0.05) is 0 Å². The molecule has 0 fully saturated rings. The molecule has 0 saturated carbocycles. The maximum Gasteiger partial charge on any atom is 0.123 e. The van der Waals surface area contributed by atoms with E-state index in [4.69, 9.17) is 10.5 Å². The molecule has 4 heteroatoms. The fourth-order valence-electron chi connectivity index (χ4n) is 1.67. The summed E-state index contributed by atoms with van der Waals surface area (Å²) in [5.41, 5.74) is 7.95. The molecule has 2 aromatic carbocycles. The fourth-order valence-corrected chi connectivity index (χ4v) is 1.67. The first-order valence-corrected chi connectivity index (χ1v) is 5.35. The van der Waals surface area contributed by atoms with Gasteiger partial charge >= 0.3 is 0 Å². The van der Waals surface area contributed by atoms with Crippen LogP contribution in [0.2, 0.25) is 0 Å². The van der Waals surface area contributed by atoms with Gasteiger partial charge in [0.15, 0.2) is 0 Å². The van der Waals surface area contributed by atoms with Crippen LogP contribution in [0.25, 0.3) is 0 Å². The number of ether oxygens (including phenoxy) is 1. The minimum atomic E-state index is -0.254. The SMILES string of the molecule is COc1ccc(C(N)c2ccc(F)cc2)cc1.Cl. The fraction of sp³-hybridized carbons (Fsp3) is 0.143. The van der Waals surface area contributed by atoms with Crippen LogP contribution in [0.15, 0.2) is 48.5 Å². The molecule has 96 valence electrons. The minimum absolute atomic E-state index is 0. The van der Waals surface area contributed by atoms with Gasteiger partial charge in [-0.3, -0.25) is 0 Å². The first-order chi connectivity index (χ1) is 8.20. The highest BCUT2D eigenvalue weighted by Gasteiger charge is 2.08. The van der Waals surface area contributed by atoms with Gasteiger partial charge in [0.05, 0.1) is 13.2 Å². The second kappa shape index (κ2) is 6.38. The maximum absolute atomic E-state index is 12.8. The zero-order valence-electron chi connectivity index (χ0n) is 9.97. The van der Waals surface area contributed by atoms with E-state index in [2.05, 4.69) is 0 Å². The van der Waals surface area contributed by atoms with Crippen LogP contribution < -0.4 is 10.5 Å². The number of nitrogens with two attached hydrogens (primary N) is 1. The van der Waals surface area contributed by atoms with Crippen LogP contribution in [0.5, 0.6) is 5.75 Å². The van der Waals surface area contributed by atoms with Gasteiger partial charge in [-0.05, 0) is 35.4 Å². The lowest BCUT2D eigenvalue weighted by Crippen LogP contribution is -2.11. The molecule has 2 rings (SSSR count). The Hall–Kier alpha value is -1.58. The Morgan fingerprint density at radius 3 is 1.83 bits per heavy atom. The largest absolute Gasteiger partial charge is 0.497 e. The van der Waals surface area contributed by atoms with Crippen molar-refractivity contribution < 1.29 is 9.13 Å². The van der Waals surface area contributed by atoms with Gasteiger partial charge in [0.25, 0.3) is 0 Å². The van der Waals surface area contributed by atoms with E-state index in [1.54, 1.807) is 19.2 Å². The Kier molecular flexibility index (Phi) is 5.13. The highest BCUT2D eigenvalue weighted by Crippen LogP contribution is 2.22. The van der Waals surface area contributed by atoms with Gasteiger partial charge in [-0.15, -0.1) is 12.4 Å². The summed E-state index contributed by atoms with van der Waals surface area (Å²) in [6.07, 6.45) is 0. The molecule has 1 unspecified atom stereocenters. The van der Waals surface area contributed by atoms with E-state index >= 15 is 0 Å². The molecule has 0 saturated heterocycles. The maximum atomic E-state index is 12.8. The number of methoxy groups -OCH3 is 1. The van der Waals surface area contributed by atoms with Crippen molar-refractivity contribution in [3.63, 3.8) is 0 Å². The molecule has 0 spiro atoms. The topological polar surface area (TPSA) is 35.2 Å². The molecule has 0 aliphatic carbocycles. The summed E-state index contributed by atoms with van der Waals surface area (Å²) in [5.74, 6) is 0.538. The van der Waals surface area contributed by atoms with E-state index in [1.807, 2.05) is 24.3 Å². The van der Waals surface area contributed by atoms with Gasteiger partial charge in [-0.2, -0.15) is 0 Å². The van der Waals surface area contributed by atoms with Crippen molar-refractivity contribution in [2.24, 2.45) is 5.73 Å². The van der Waals surface area contributed by atoms with Gasteiger partial charge < -0.3 is 10.5 Å². The van der Waals surface area contributed by atoms with Crippen LogP contribution >= 0.6 is 12.4 Å². The van der Waals surface area contributed by atoms with Crippen LogP contribution in [-0.2, 0) is 0 Å². The predicted octanol–water partition coefficient (Wildman–Crippen LogP) is 3.30. The molecular weight excluding hydrogens is 253 g/mol. The summed E-state index contributed by atoms with van der Waals surface area (Å²) >= 11 is 0. The number of rotatable bonds is 3. The first-order valence-electron chi connectivity index (χ1n) is 5.35. The van der Waals surface area contributed by atoms with E-state index in [0.717, 1.165) is 16.9 Å². The van der Waals surface area contributed by atoms with Crippen LogP contribution in [-0.4, -0.2) is 7.11 Å². The van der Waals surface area contributed by atoms with Gasteiger partial charge in [0.1, 0.15) is 11.6 Å². The average Bonchev–Trinajstić information content (AvgIpc) is 2.39. The van der Waals surface area contributed by atoms with E-state index in [9.17, 15) is 4.39 Å². The highest BCUT2D eigenvalue weighted by atomic mass is 35.5. The van der Waals surface area contributed by atoms with E-state index in [0.29, 0.717) is 0 Å². The monoisotopic (exact) mass is 267 g/mol. The summed E-state index contributed by atoms with van der Waals surface area (Å²) in [5, 5.41) is 0.